The third-order valence-electron chi connectivity index (χ3n) is 4.57. The number of rotatable bonds is 1. The Morgan fingerprint density at radius 3 is 2.62 bits per heavy atom. The zero-order valence-corrected chi connectivity index (χ0v) is 12.8. The molecule has 0 spiro atoms. The van der Waals surface area contributed by atoms with Gasteiger partial charge in [-0.05, 0) is 61.6 Å². The lowest BCUT2D eigenvalue weighted by Crippen LogP contribution is -2.04. The molecule has 0 unspecified atom stereocenters. The lowest BCUT2D eigenvalue weighted by Gasteiger charge is -2.09. The van der Waals surface area contributed by atoms with E-state index in [1.807, 2.05) is 6.07 Å². The number of H-pyrrole nitrogens is 1. The molecule has 0 saturated carbocycles. The number of amides is 1. The number of fused-ring (bicyclic) bond motifs is 2. The first-order chi connectivity index (χ1) is 11.4. The van der Waals surface area contributed by atoms with Gasteiger partial charge in [-0.1, -0.05) is 0 Å². The molecule has 1 aliphatic carbocycles. The van der Waals surface area contributed by atoms with Gasteiger partial charge < -0.3 is 10.3 Å². The number of nitrogens with one attached hydrogen (secondary N) is 2. The Morgan fingerprint density at radius 2 is 1.88 bits per heavy atom. The van der Waals surface area contributed by atoms with Gasteiger partial charge in [0, 0.05) is 22.6 Å². The van der Waals surface area contributed by atoms with Crippen molar-refractivity contribution in [2.75, 3.05) is 5.32 Å². The summed E-state index contributed by atoms with van der Waals surface area (Å²) < 4.78 is 38.8. The summed E-state index contributed by atoms with van der Waals surface area (Å²) >= 11 is 0. The number of alkyl halides is 3. The van der Waals surface area contributed by atoms with Gasteiger partial charge in [-0.15, -0.1) is 0 Å². The monoisotopic (exact) mass is 332 g/mol. The molecule has 2 aliphatic rings. The van der Waals surface area contributed by atoms with E-state index in [-0.39, 0.29) is 11.5 Å². The van der Waals surface area contributed by atoms with Crippen LogP contribution < -0.4 is 5.32 Å². The minimum absolute atomic E-state index is 0.259. The van der Waals surface area contributed by atoms with Crippen molar-refractivity contribution < 1.29 is 18.0 Å². The summed E-state index contributed by atoms with van der Waals surface area (Å²) in [6.07, 6.45) is 1.44. The molecule has 124 valence electrons. The van der Waals surface area contributed by atoms with Crippen molar-refractivity contribution in [2.24, 2.45) is 0 Å². The highest BCUT2D eigenvalue weighted by Gasteiger charge is 2.33. The SMILES string of the molecule is O=C1Nc2ccc(C(F)(F)F)cc2C1=Cc1cc2c([nH]1)CCCC2. The van der Waals surface area contributed by atoms with Crippen molar-refractivity contribution >= 4 is 23.2 Å². The van der Waals surface area contributed by atoms with Crippen molar-refractivity contribution in [1.29, 1.82) is 0 Å². The number of aromatic nitrogens is 1. The smallest absolute Gasteiger partial charge is 0.359 e. The lowest BCUT2D eigenvalue weighted by molar-refractivity contribution is -0.137. The van der Waals surface area contributed by atoms with Gasteiger partial charge in [-0.25, -0.2) is 0 Å². The fraction of sp³-hybridized carbons (Fsp3) is 0.278. The molecule has 1 aromatic heterocycles. The van der Waals surface area contributed by atoms with Gasteiger partial charge in [0.25, 0.3) is 5.91 Å². The topological polar surface area (TPSA) is 44.9 Å². The Balaban J connectivity index is 1.77. The summed E-state index contributed by atoms with van der Waals surface area (Å²) in [5.41, 5.74) is 3.37. The van der Waals surface area contributed by atoms with E-state index in [1.165, 1.54) is 11.6 Å². The van der Waals surface area contributed by atoms with Crippen LogP contribution in [0.3, 0.4) is 0 Å². The molecule has 1 aromatic carbocycles. The van der Waals surface area contributed by atoms with E-state index in [2.05, 4.69) is 10.3 Å². The number of aryl methyl sites for hydroxylation is 2. The molecule has 1 amide bonds. The average molecular weight is 332 g/mol. The second kappa shape index (κ2) is 5.26. The maximum atomic E-state index is 12.9. The second-order valence-electron chi connectivity index (χ2n) is 6.21. The first kappa shape index (κ1) is 15.1. The fourth-order valence-electron chi connectivity index (χ4n) is 3.37. The molecule has 3 nitrogen and oxygen atoms in total. The predicted octanol–water partition coefficient (Wildman–Crippen LogP) is 4.41. The Hall–Kier alpha value is -2.50. The van der Waals surface area contributed by atoms with Crippen LogP contribution in [0.25, 0.3) is 11.6 Å². The largest absolute Gasteiger partial charge is 0.416 e. The van der Waals surface area contributed by atoms with Crippen LogP contribution in [-0.4, -0.2) is 10.9 Å². The van der Waals surface area contributed by atoms with Crippen molar-refractivity contribution in [1.82, 2.24) is 4.98 Å². The van der Waals surface area contributed by atoms with Crippen LogP contribution in [0.1, 0.15) is 40.9 Å². The van der Waals surface area contributed by atoms with E-state index in [0.29, 0.717) is 11.3 Å². The molecule has 1 aliphatic heterocycles. The highest BCUT2D eigenvalue weighted by Crippen LogP contribution is 2.38. The van der Waals surface area contributed by atoms with Gasteiger partial charge in [0.05, 0.1) is 11.1 Å². The van der Waals surface area contributed by atoms with Crippen LogP contribution in [0.15, 0.2) is 24.3 Å². The lowest BCUT2D eigenvalue weighted by atomic mass is 9.98. The Morgan fingerprint density at radius 1 is 1.08 bits per heavy atom. The molecule has 0 bridgehead atoms. The zero-order valence-electron chi connectivity index (χ0n) is 12.8. The maximum Gasteiger partial charge on any atom is 0.416 e. The van der Waals surface area contributed by atoms with E-state index in [4.69, 9.17) is 0 Å². The van der Waals surface area contributed by atoms with Gasteiger partial charge in [0.15, 0.2) is 0 Å². The average Bonchev–Trinajstić information content (AvgIpc) is 3.07. The van der Waals surface area contributed by atoms with Gasteiger partial charge in [0.1, 0.15) is 0 Å². The van der Waals surface area contributed by atoms with E-state index < -0.39 is 11.7 Å². The van der Waals surface area contributed by atoms with Crippen LogP contribution in [0.5, 0.6) is 0 Å². The molecule has 6 heteroatoms. The minimum Gasteiger partial charge on any atom is -0.359 e. The summed E-state index contributed by atoms with van der Waals surface area (Å²) in [5, 5.41) is 2.62. The number of carbonyl (C=O) groups is 1. The van der Waals surface area contributed by atoms with Crippen molar-refractivity contribution in [3.8, 4) is 0 Å². The molecule has 0 atom stereocenters. The molecule has 24 heavy (non-hydrogen) atoms. The van der Waals surface area contributed by atoms with E-state index in [0.717, 1.165) is 49.2 Å². The van der Waals surface area contributed by atoms with Crippen molar-refractivity contribution in [3.63, 3.8) is 0 Å². The summed E-state index contributed by atoms with van der Waals surface area (Å²) in [6, 6.07) is 5.30. The summed E-state index contributed by atoms with van der Waals surface area (Å²) in [7, 11) is 0. The van der Waals surface area contributed by atoms with Crippen LogP contribution in [-0.2, 0) is 23.8 Å². The molecule has 2 N–H and O–H groups in total. The van der Waals surface area contributed by atoms with E-state index in [1.54, 1.807) is 6.08 Å². The highest BCUT2D eigenvalue weighted by molar-refractivity contribution is 6.34. The van der Waals surface area contributed by atoms with Crippen molar-refractivity contribution in [3.05, 3.63) is 52.3 Å². The highest BCUT2D eigenvalue weighted by atomic mass is 19.4. The third kappa shape index (κ3) is 2.52. The quantitative estimate of drug-likeness (QED) is 0.747. The molecule has 2 aromatic rings. The number of carbonyl (C=O) groups excluding carboxylic acids is 1. The molecule has 0 radical (unpaired) electrons. The van der Waals surface area contributed by atoms with Gasteiger partial charge in [-0.2, -0.15) is 13.2 Å². The maximum absolute atomic E-state index is 12.9. The molecule has 0 saturated heterocycles. The standard InChI is InChI=1S/C18H15F3N2O/c19-18(20,21)11-5-6-16-13(8-11)14(17(24)23-16)9-12-7-10-3-1-2-4-15(10)22-12/h5-9,22H,1-4H2,(H,23,24). The summed E-state index contributed by atoms with van der Waals surface area (Å²) in [5.74, 6) is -0.378. The van der Waals surface area contributed by atoms with Crippen LogP contribution in [0.4, 0.5) is 18.9 Å². The summed E-state index contributed by atoms with van der Waals surface area (Å²) in [6.45, 7) is 0. The predicted molar refractivity (Wildman–Crippen MR) is 85.4 cm³/mol. The van der Waals surface area contributed by atoms with Gasteiger partial charge in [0.2, 0.25) is 0 Å². The number of hydrogen-bond donors (Lipinski definition) is 2. The Bertz CT molecular complexity index is 838. The molecule has 4 rings (SSSR count). The Labute approximate surface area is 136 Å². The van der Waals surface area contributed by atoms with Crippen molar-refractivity contribution in [2.45, 2.75) is 31.9 Å². The fourth-order valence-corrected chi connectivity index (χ4v) is 3.37. The van der Waals surface area contributed by atoms with Crippen LogP contribution >= 0.6 is 0 Å². The molecule has 0 fully saturated rings. The number of benzene rings is 1. The first-order valence-corrected chi connectivity index (χ1v) is 7.87. The third-order valence-corrected chi connectivity index (χ3v) is 4.57. The van der Waals surface area contributed by atoms with E-state index >= 15 is 0 Å². The number of halogens is 3. The number of anilines is 1. The number of aromatic amines is 1. The van der Waals surface area contributed by atoms with Gasteiger partial charge in [-0.3, -0.25) is 4.79 Å². The minimum atomic E-state index is -4.43. The first-order valence-electron chi connectivity index (χ1n) is 7.87. The normalized spacial score (nSPS) is 18.5. The second-order valence-corrected chi connectivity index (χ2v) is 6.21. The zero-order chi connectivity index (χ0) is 16.9. The molecule has 2 heterocycles. The molecular formula is C18H15F3N2O. The number of hydrogen-bond acceptors (Lipinski definition) is 1. The van der Waals surface area contributed by atoms with Crippen LogP contribution in [0.2, 0.25) is 0 Å². The molecular weight excluding hydrogens is 317 g/mol. The van der Waals surface area contributed by atoms with Gasteiger partial charge >= 0.3 is 6.18 Å². The Kier molecular flexibility index (Phi) is 3.30. The summed E-state index contributed by atoms with van der Waals surface area (Å²) in [4.78, 5) is 15.4. The van der Waals surface area contributed by atoms with E-state index in [9.17, 15) is 18.0 Å². The van der Waals surface area contributed by atoms with Crippen LogP contribution in [0, 0.1) is 0 Å².